The molecule has 3 rings (SSSR count). The lowest BCUT2D eigenvalue weighted by atomic mass is 9.93. The Morgan fingerprint density at radius 2 is 1.73 bits per heavy atom. The highest BCUT2D eigenvalue weighted by molar-refractivity contribution is 5.86. The number of nitrogens with zero attached hydrogens (tertiary/aromatic N) is 1. The third-order valence-corrected chi connectivity index (χ3v) is 5.01. The van der Waals surface area contributed by atoms with Gasteiger partial charge in [-0.05, 0) is 42.7 Å². The van der Waals surface area contributed by atoms with E-state index in [0.29, 0.717) is 0 Å². The van der Waals surface area contributed by atoms with Crippen LogP contribution in [0.3, 0.4) is 0 Å². The molecular formula is C23H26N4O3. The maximum Gasteiger partial charge on any atom is 0.257 e. The fraction of sp³-hybridized carbons (Fsp3) is 0.261. The Hall–Kier alpha value is -3.61. The zero-order chi connectivity index (χ0) is 21.7. The first-order chi connectivity index (χ1) is 14.3. The molecule has 0 fully saturated rings. The number of aryl methyl sites for hydroxylation is 2. The molecule has 0 spiro atoms. The number of nitrogens with one attached hydrogen (secondary N) is 3. The zero-order valence-corrected chi connectivity index (χ0v) is 17.4. The van der Waals surface area contributed by atoms with Gasteiger partial charge in [0.05, 0.1) is 19.0 Å². The number of rotatable bonds is 5. The maximum atomic E-state index is 12.5. The van der Waals surface area contributed by atoms with E-state index in [1.54, 1.807) is 6.20 Å². The van der Waals surface area contributed by atoms with Gasteiger partial charge < -0.3 is 10.2 Å². The Bertz CT molecular complexity index is 1000. The Kier molecular flexibility index (Phi) is 6.51. The van der Waals surface area contributed by atoms with Crippen molar-refractivity contribution in [2.24, 2.45) is 0 Å². The van der Waals surface area contributed by atoms with Crippen molar-refractivity contribution < 1.29 is 14.4 Å². The molecule has 0 aliphatic carbocycles. The molecule has 0 bridgehead atoms. The molecule has 7 heteroatoms. The highest BCUT2D eigenvalue weighted by atomic mass is 16.2. The molecule has 0 aromatic heterocycles. The van der Waals surface area contributed by atoms with Crippen molar-refractivity contribution in [2.75, 3.05) is 11.9 Å². The largest absolute Gasteiger partial charge is 0.376 e. The minimum absolute atomic E-state index is 0.0265. The minimum atomic E-state index is -0.422. The summed E-state index contributed by atoms with van der Waals surface area (Å²) in [5.41, 5.74) is 9.78. The summed E-state index contributed by atoms with van der Waals surface area (Å²) < 4.78 is 0. The summed E-state index contributed by atoms with van der Waals surface area (Å²) in [6.45, 7) is 5.46. The highest BCUT2D eigenvalue weighted by Gasteiger charge is 2.28. The first-order valence-corrected chi connectivity index (χ1v) is 9.80. The third kappa shape index (κ3) is 5.05. The van der Waals surface area contributed by atoms with Gasteiger partial charge in [0, 0.05) is 18.8 Å². The van der Waals surface area contributed by atoms with Crippen molar-refractivity contribution in [1.29, 1.82) is 0 Å². The van der Waals surface area contributed by atoms with Crippen LogP contribution in [0.15, 0.2) is 48.7 Å². The van der Waals surface area contributed by atoms with E-state index in [1.807, 2.05) is 62.4 Å². The summed E-state index contributed by atoms with van der Waals surface area (Å²) in [4.78, 5) is 38.1. The van der Waals surface area contributed by atoms with E-state index in [0.717, 1.165) is 27.9 Å². The van der Waals surface area contributed by atoms with Crippen LogP contribution in [0.1, 0.15) is 41.6 Å². The number of anilines is 1. The molecule has 0 saturated heterocycles. The Morgan fingerprint density at radius 1 is 1.00 bits per heavy atom. The average Bonchev–Trinajstić information content (AvgIpc) is 2.71. The predicted molar refractivity (Wildman–Crippen MR) is 116 cm³/mol. The Balaban J connectivity index is 1.55. The van der Waals surface area contributed by atoms with Gasteiger partial charge in [0.15, 0.2) is 0 Å². The van der Waals surface area contributed by atoms with Crippen LogP contribution in [-0.2, 0) is 14.4 Å². The van der Waals surface area contributed by atoms with Crippen LogP contribution < -0.4 is 16.2 Å². The number of amides is 3. The standard InChI is InChI=1S/C23H26N4O3/c1-15-8-9-20(16(2)12-15)24-14-23(30)26-25-22(29)13-21-19-7-5-4-6-18(19)10-11-27(21)17(3)28/h4-12,21,24H,13-14H2,1-3H3,(H,25,29)(H,26,30)/t21-/m1/s1. The molecule has 30 heavy (non-hydrogen) atoms. The van der Waals surface area contributed by atoms with Gasteiger partial charge in [-0.2, -0.15) is 0 Å². The molecule has 3 N–H and O–H groups in total. The van der Waals surface area contributed by atoms with Crippen LogP contribution in [0.2, 0.25) is 0 Å². The summed E-state index contributed by atoms with van der Waals surface area (Å²) >= 11 is 0. The summed E-state index contributed by atoms with van der Waals surface area (Å²) in [5.74, 6) is -0.896. The number of hydrazine groups is 1. The summed E-state index contributed by atoms with van der Waals surface area (Å²) in [6.07, 6.45) is 3.58. The summed E-state index contributed by atoms with van der Waals surface area (Å²) in [5, 5.41) is 3.05. The lowest BCUT2D eigenvalue weighted by Gasteiger charge is -2.32. The number of hydrogen-bond acceptors (Lipinski definition) is 4. The van der Waals surface area contributed by atoms with Gasteiger partial charge in [-0.25, -0.2) is 0 Å². The van der Waals surface area contributed by atoms with E-state index in [2.05, 4.69) is 16.2 Å². The van der Waals surface area contributed by atoms with Gasteiger partial charge in [-0.3, -0.25) is 25.2 Å². The fourth-order valence-corrected chi connectivity index (χ4v) is 3.51. The SMILES string of the molecule is CC(=O)N1C=Cc2ccccc2[C@H]1CC(=O)NNC(=O)CNc1ccc(C)cc1C. The molecule has 1 aliphatic rings. The number of fused-ring (bicyclic) bond motifs is 1. The van der Waals surface area contributed by atoms with Crippen molar-refractivity contribution in [1.82, 2.24) is 15.8 Å². The maximum absolute atomic E-state index is 12.5. The van der Waals surface area contributed by atoms with Crippen LogP contribution in [0.4, 0.5) is 5.69 Å². The molecule has 2 aromatic rings. The molecule has 0 unspecified atom stereocenters. The molecule has 2 aromatic carbocycles. The second kappa shape index (κ2) is 9.26. The second-order valence-corrected chi connectivity index (χ2v) is 7.36. The topological polar surface area (TPSA) is 90.5 Å². The fourth-order valence-electron chi connectivity index (χ4n) is 3.51. The summed E-state index contributed by atoms with van der Waals surface area (Å²) in [6, 6.07) is 13.1. The number of carbonyl (C=O) groups excluding carboxylic acids is 3. The van der Waals surface area contributed by atoms with Crippen molar-refractivity contribution in [3.63, 3.8) is 0 Å². The first-order valence-electron chi connectivity index (χ1n) is 9.80. The van der Waals surface area contributed by atoms with Crippen LogP contribution in [-0.4, -0.2) is 29.2 Å². The number of carbonyl (C=O) groups is 3. The predicted octanol–water partition coefficient (Wildman–Crippen LogP) is 2.83. The van der Waals surface area contributed by atoms with Gasteiger partial charge in [-0.1, -0.05) is 42.0 Å². The van der Waals surface area contributed by atoms with E-state index < -0.39 is 6.04 Å². The van der Waals surface area contributed by atoms with E-state index in [9.17, 15) is 14.4 Å². The van der Waals surface area contributed by atoms with Crippen LogP contribution >= 0.6 is 0 Å². The quantitative estimate of drug-likeness (QED) is 0.666. The van der Waals surface area contributed by atoms with Gasteiger partial charge in [0.2, 0.25) is 11.8 Å². The van der Waals surface area contributed by atoms with Crippen molar-refractivity contribution in [2.45, 2.75) is 33.2 Å². The monoisotopic (exact) mass is 406 g/mol. The molecule has 1 heterocycles. The first kappa shape index (κ1) is 21.1. The van der Waals surface area contributed by atoms with E-state index >= 15 is 0 Å². The molecule has 0 saturated carbocycles. The van der Waals surface area contributed by atoms with E-state index in [4.69, 9.17) is 0 Å². The number of hydrogen-bond donors (Lipinski definition) is 3. The minimum Gasteiger partial charge on any atom is -0.376 e. The van der Waals surface area contributed by atoms with E-state index in [-0.39, 0.29) is 30.7 Å². The Morgan fingerprint density at radius 3 is 2.47 bits per heavy atom. The normalized spacial score (nSPS) is 14.6. The second-order valence-electron chi connectivity index (χ2n) is 7.36. The van der Waals surface area contributed by atoms with Gasteiger partial charge in [0.1, 0.15) is 0 Å². The number of benzene rings is 2. The van der Waals surface area contributed by atoms with Crippen LogP contribution in [0.25, 0.3) is 6.08 Å². The zero-order valence-electron chi connectivity index (χ0n) is 17.4. The van der Waals surface area contributed by atoms with Gasteiger partial charge in [0.25, 0.3) is 5.91 Å². The van der Waals surface area contributed by atoms with Gasteiger partial charge >= 0.3 is 0 Å². The molecule has 3 amide bonds. The third-order valence-electron chi connectivity index (χ3n) is 5.01. The van der Waals surface area contributed by atoms with Crippen LogP contribution in [0, 0.1) is 13.8 Å². The highest BCUT2D eigenvalue weighted by Crippen LogP contribution is 2.32. The lowest BCUT2D eigenvalue weighted by molar-refractivity contribution is -0.132. The molecule has 1 atom stereocenters. The van der Waals surface area contributed by atoms with Crippen molar-refractivity contribution in [3.8, 4) is 0 Å². The van der Waals surface area contributed by atoms with Crippen LogP contribution in [0.5, 0.6) is 0 Å². The van der Waals surface area contributed by atoms with Gasteiger partial charge in [-0.15, -0.1) is 0 Å². The van der Waals surface area contributed by atoms with E-state index in [1.165, 1.54) is 11.8 Å². The molecule has 156 valence electrons. The van der Waals surface area contributed by atoms with Crippen molar-refractivity contribution in [3.05, 3.63) is 70.9 Å². The summed E-state index contributed by atoms with van der Waals surface area (Å²) in [7, 11) is 0. The lowest BCUT2D eigenvalue weighted by Crippen LogP contribution is -2.45. The molecular weight excluding hydrogens is 380 g/mol. The molecule has 1 aliphatic heterocycles. The van der Waals surface area contributed by atoms with Crippen molar-refractivity contribution >= 4 is 29.5 Å². The molecule has 7 nitrogen and oxygen atoms in total. The molecule has 0 radical (unpaired) electrons. The smallest absolute Gasteiger partial charge is 0.257 e. The average molecular weight is 406 g/mol. The Labute approximate surface area is 176 Å².